The molecule has 0 unspecified atom stereocenters. The van der Waals surface area contributed by atoms with Crippen LogP contribution >= 0.6 is 0 Å². The van der Waals surface area contributed by atoms with Crippen molar-refractivity contribution in [2.24, 2.45) is 5.41 Å². The van der Waals surface area contributed by atoms with Crippen molar-refractivity contribution in [3.63, 3.8) is 0 Å². The lowest BCUT2D eigenvalue weighted by atomic mass is 9.87. The number of unbranched alkanes of at least 4 members (excludes halogenated alkanes) is 2. The van der Waals surface area contributed by atoms with Crippen LogP contribution in [-0.4, -0.2) is 6.54 Å². The van der Waals surface area contributed by atoms with E-state index in [1.54, 1.807) is 0 Å². The van der Waals surface area contributed by atoms with Gasteiger partial charge in [-0.15, -0.1) is 0 Å². The van der Waals surface area contributed by atoms with Gasteiger partial charge in [0.25, 0.3) is 0 Å². The summed E-state index contributed by atoms with van der Waals surface area (Å²) < 4.78 is 5.57. The summed E-state index contributed by atoms with van der Waals surface area (Å²) in [5.41, 5.74) is 2.60. The summed E-state index contributed by atoms with van der Waals surface area (Å²) in [7, 11) is 0. The first-order valence-corrected chi connectivity index (χ1v) is 7.78. The summed E-state index contributed by atoms with van der Waals surface area (Å²) in [6.45, 7) is 8.89. The lowest BCUT2D eigenvalue weighted by molar-refractivity contribution is 0.302. The van der Waals surface area contributed by atoms with E-state index >= 15 is 0 Å². The molecule has 110 valence electrons. The third-order valence-electron chi connectivity index (χ3n) is 3.94. The Hall–Kier alpha value is -1.28. The SMILES string of the molecule is CCCCCC(C)(C)CNCc1coc2ccccc12. The number of furan rings is 1. The number of hydrogen-bond donors (Lipinski definition) is 1. The highest BCUT2D eigenvalue weighted by atomic mass is 16.3. The van der Waals surface area contributed by atoms with Crippen LogP contribution in [0.15, 0.2) is 34.9 Å². The van der Waals surface area contributed by atoms with E-state index in [9.17, 15) is 0 Å². The van der Waals surface area contributed by atoms with Gasteiger partial charge < -0.3 is 9.73 Å². The van der Waals surface area contributed by atoms with Crippen LogP contribution in [-0.2, 0) is 6.54 Å². The van der Waals surface area contributed by atoms with Gasteiger partial charge in [0.05, 0.1) is 6.26 Å². The number of fused-ring (bicyclic) bond motifs is 1. The minimum atomic E-state index is 0.370. The Kier molecular flexibility index (Phi) is 5.24. The third kappa shape index (κ3) is 4.11. The molecule has 0 atom stereocenters. The van der Waals surface area contributed by atoms with Crippen LogP contribution < -0.4 is 5.32 Å². The van der Waals surface area contributed by atoms with Crippen molar-refractivity contribution >= 4 is 11.0 Å². The Morgan fingerprint density at radius 2 is 1.95 bits per heavy atom. The Balaban J connectivity index is 1.83. The normalized spacial score (nSPS) is 12.2. The van der Waals surface area contributed by atoms with Crippen LogP contribution in [0, 0.1) is 5.41 Å². The molecule has 0 spiro atoms. The summed E-state index contributed by atoms with van der Waals surface area (Å²) >= 11 is 0. The van der Waals surface area contributed by atoms with E-state index < -0.39 is 0 Å². The molecule has 0 fully saturated rings. The Labute approximate surface area is 122 Å². The lowest BCUT2D eigenvalue weighted by Gasteiger charge is -2.25. The average Bonchev–Trinajstić information content (AvgIpc) is 2.82. The number of rotatable bonds is 8. The maximum Gasteiger partial charge on any atom is 0.134 e. The van der Waals surface area contributed by atoms with Crippen LogP contribution in [0.25, 0.3) is 11.0 Å². The quantitative estimate of drug-likeness (QED) is 0.675. The molecule has 0 amide bonds. The highest BCUT2D eigenvalue weighted by Gasteiger charge is 2.16. The molecule has 0 bridgehead atoms. The highest BCUT2D eigenvalue weighted by molar-refractivity contribution is 5.80. The molecule has 0 saturated heterocycles. The van der Waals surface area contributed by atoms with Crippen LogP contribution in [0.3, 0.4) is 0 Å². The molecule has 20 heavy (non-hydrogen) atoms. The number of nitrogens with one attached hydrogen (secondary N) is 1. The third-order valence-corrected chi connectivity index (χ3v) is 3.94. The minimum Gasteiger partial charge on any atom is -0.464 e. The summed E-state index contributed by atoms with van der Waals surface area (Å²) in [5, 5.41) is 4.81. The minimum absolute atomic E-state index is 0.370. The summed E-state index contributed by atoms with van der Waals surface area (Å²) in [4.78, 5) is 0. The molecule has 0 radical (unpaired) electrons. The van der Waals surface area contributed by atoms with Gasteiger partial charge in [-0.25, -0.2) is 0 Å². The van der Waals surface area contributed by atoms with E-state index in [0.717, 1.165) is 18.7 Å². The maximum absolute atomic E-state index is 5.57. The van der Waals surface area contributed by atoms with Crippen LogP contribution in [0.4, 0.5) is 0 Å². The van der Waals surface area contributed by atoms with Crippen LogP contribution in [0.1, 0.15) is 52.0 Å². The Morgan fingerprint density at radius 1 is 1.15 bits per heavy atom. The van der Waals surface area contributed by atoms with Gasteiger partial charge in [-0.2, -0.15) is 0 Å². The highest BCUT2D eigenvalue weighted by Crippen LogP contribution is 2.24. The molecule has 0 aliphatic heterocycles. The molecule has 1 heterocycles. The summed E-state index contributed by atoms with van der Waals surface area (Å²) in [5.74, 6) is 0. The molecule has 2 rings (SSSR count). The smallest absolute Gasteiger partial charge is 0.134 e. The van der Waals surface area contributed by atoms with Crippen LogP contribution in [0.2, 0.25) is 0 Å². The molecular weight excluding hydrogens is 246 g/mol. The molecule has 0 saturated carbocycles. The van der Waals surface area contributed by atoms with Crippen molar-refractivity contribution in [2.75, 3.05) is 6.54 Å². The summed E-state index contributed by atoms with van der Waals surface area (Å²) in [6.07, 6.45) is 7.14. The van der Waals surface area contributed by atoms with E-state index in [1.807, 2.05) is 18.4 Å². The Morgan fingerprint density at radius 3 is 2.75 bits per heavy atom. The predicted octanol–water partition coefficient (Wildman–Crippen LogP) is 5.13. The van der Waals surface area contributed by atoms with Crippen molar-refractivity contribution in [1.82, 2.24) is 5.32 Å². The second kappa shape index (κ2) is 6.94. The van der Waals surface area contributed by atoms with Crippen LogP contribution in [0.5, 0.6) is 0 Å². The van der Waals surface area contributed by atoms with Crippen molar-refractivity contribution < 1.29 is 4.42 Å². The van der Waals surface area contributed by atoms with Gasteiger partial charge in [0, 0.05) is 24.0 Å². The monoisotopic (exact) mass is 273 g/mol. The Bertz CT molecular complexity index is 527. The molecule has 2 heteroatoms. The molecule has 0 aliphatic rings. The van der Waals surface area contributed by atoms with Crippen molar-refractivity contribution in [3.8, 4) is 0 Å². The van der Waals surface area contributed by atoms with Gasteiger partial charge in [-0.05, 0) is 17.9 Å². The molecule has 0 aliphatic carbocycles. The first-order chi connectivity index (χ1) is 9.62. The van der Waals surface area contributed by atoms with E-state index in [4.69, 9.17) is 4.42 Å². The van der Waals surface area contributed by atoms with Gasteiger partial charge >= 0.3 is 0 Å². The maximum atomic E-state index is 5.57. The van der Waals surface area contributed by atoms with E-state index in [2.05, 4.69) is 38.2 Å². The second-order valence-corrected chi connectivity index (χ2v) is 6.48. The zero-order chi connectivity index (χ0) is 14.4. The second-order valence-electron chi connectivity index (χ2n) is 6.48. The fraction of sp³-hybridized carbons (Fsp3) is 0.556. The fourth-order valence-corrected chi connectivity index (χ4v) is 2.65. The number of hydrogen-bond acceptors (Lipinski definition) is 2. The van der Waals surface area contributed by atoms with Gasteiger partial charge in [0.1, 0.15) is 5.58 Å². The molecule has 2 nitrogen and oxygen atoms in total. The first-order valence-electron chi connectivity index (χ1n) is 7.78. The molecule has 1 N–H and O–H groups in total. The van der Waals surface area contributed by atoms with E-state index in [1.165, 1.54) is 36.6 Å². The standard InChI is InChI=1S/C18H27NO/c1-4-5-8-11-18(2,3)14-19-12-15-13-20-17-10-7-6-9-16(15)17/h6-7,9-10,13,19H,4-5,8,11-12,14H2,1-3H3. The largest absolute Gasteiger partial charge is 0.464 e. The molecule has 1 aromatic carbocycles. The van der Waals surface area contributed by atoms with E-state index in [0.29, 0.717) is 5.41 Å². The fourth-order valence-electron chi connectivity index (χ4n) is 2.65. The molecule has 2 aromatic rings. The zero-order valence-corrected chi connectivity index (χ0v) is 13.0. The number of para-hydroxylation sites is 1. The lowest BCUT2D eigenvalue weighted by Crippen LogP contribution is -2.29. The van der Waals surface area contributed by atoms with Gasteiger partial charge in [-0.1, -0.05) is 58.2 Å². The molecule has 1 aromatic heterocycles. The number of benzene rings is 1. The van der Waals surface area contributed by atoms with Crippen molar-refractivity contribution in [3.05, 3.63) is 36.1 Å². The topological polar surface area (TPSA) is 25.2 Å². The zero-order valence-electron chi connectivity index (χ0n) is 13.0. The first kappa shape index (κ1) is 15.1. The average molecular weight is 273 g/mol. The van der Waals surface area contributed by atoms with E-state index in [-0.39, 0.29) is 0 Å². The molecular formula is C18H27NO. The van der Waals surface area contributed by atoms with Gasteiger partial charge in [0.15, 0.2) is 0 Å². The van der Waals surface area contributed by atoms with Crippen molar-refractivity contribution in [2.45, 2.75) is 53.0 Å². The van der Waals surface area contributed by atoms with Gasteiger partial charge in [-0.3, -0.25) is 0 Å². The summed E-state index contributed by atoms with van der Waals surface area (Å²) in [6, 6.07) is 8.23. The van der Waals surface area contributed by atoms with Crippen molar-refractivity contribution in [1.29, 1.82) is 0 Å². The predicted molar refractivity (Wildman–Crippen MR) is 85.8 cm³/mol. The van der Waals surface area contributed by atoms with Gasteiger partial charge in [0.2, 0.25) is 0 Å².